The number of nitrogens with one attached hydrogen (secondary N) is 1. The topological polar surface area (TPSA) is 82.3 Å². The first-order chi connectivity index (χ1) is 14.2. The van der Waals surface area contributed by atoms with E-state index < -0.39 is 0 Å². The second kappa shape index (κ2) is 10.6. The summed E-state index contributed by atoms with van der Waals surface area (Å²) in [6.07, 6.45) is 3.06. The second-order valence-corrected chi connectivity index (χ2v) is 6.05. The molecular formula is C22H22N2O5. The highest BCUT2D eigenvalue weighted by molar-refractivity contribution is 5.81. The minimum Gasteiger partial charge on any atom is -0.493 e. The Kier molecular flexibility index (Phi) is 7.28. The molecule has 0 aliphatic rings. The van der Waals surface area contributed by atoms with Crippen LogP contribution in [0.1, 0.15) is 16.9 Å². The molecule has 0 aliphatic carbocycles. The Bertz CT molecular complexity index is 924. The number of carbonyl (C=O) groups excluding carboxylic acids is 1. The Balaban J connectivity index is 1.49. The Hall–Kier alpha value is -3.74. The van der Waals surface area contributed by atoms with Gasteiger partial charge in [0.2, 0.25) is 0 Å². The number of benzene rings is 2. The van der Waals surface area contributed by atoms with Gasteiger partial charge >= 0.3 is 0 Å². The van der Waals surface area contributed by atoms with E-state index in [9.17, 15) is 4.79 Å². The molecule has 3 aromatic rings. The van der Waals surface area contributed by atoms with Crippen LogP contribution in [0.25, 0.3) is 0 Å². The standard InChI is InChI=1S/C22H22N2O5/c1-26-20-10-9-18(12-21(20)28-15-17-6-3-2-4-7-17)13-24-29-16-22(25)23-14-19-8-5-11-27-19/h2-13H,14-16H2,1H3,(H,23,25)/b24-13-. The van der Waals surface area contributed by atoms with Crippen LogP contribution in [0.2, 0.25) is 0 Å². The first-order valence-electron chi connectivity index (χ1n) is 9.04. The highest BCUT2D eigenvalue weighted by Gasteiger charge is 2.06. The van der Waals surface area contributed by atoms with Crippen LogP contribution in [0.4, 0.5) is 0 Å². The van der Waals surface area contributed by atoms with Crippen LogP contribution in [0.3, 0.4) is 0 Å². The number of nitrogens with zero attached hydrogens (tertiary/aromatic N) is 1. The average molecular weight is 394 g/mol. The van der Waals surface area contributed by atoms with Crippen molar-refractivity contribution in [3.05, 3.63) is 83.8 Å². The van der Waals surface area contributed by atoms with Crippen LogP contribution in [0.15, 0.2) is 76.5 Å². The van der Waals surface area contributed by atoms with Gasteiger partial charge in [-0.25, -0.2) is 0 Å². The van der Waals surface area contributed by atoms with E-state index in [1.807, 2.05) is 36.4 Å². The molecule has 0 radical (unpaired) electrons. The third-order valence-electron chi connectivity index (χ3n) is 3.94. The van der Waals surface area contributed by atoms with Crippen LogP contribution in [-0.4, -0.2) is 25.8 Å². The number of hydrogen-bond donors (Lipinski definition) is 1. The quantitative estimate of drug-likeness (QED) is 0.420. The maximum atomic E-state index is 11.7. The van der Waals surface area contributed by atoms with E-state index in [0.717, 1.165) is 11.1 Å². The fourth-order valence-corrected chi connectivity index (χ4v) is 2.47. The van der Waals surface area contributed by atoms with Gasteiger partial charge in [-0.2, -0.15) is 0 Å². The zero-order valence-electron chi connectivity index (χ0n) is 16.0. The van der Waals surface area contributed by atoms with Crippen LogP contribution < -0.4 is 14.8 Å². The van der Waals surface area contributed by atoms with Gasteiger partial charge in [0.25, 0.3) is 5.91 Å². The van der Waals surface area contributed by atoms with Gasteiger partial charge in [-0.3, -0.25) is 4.79 Å². The molecule has 0 fully saturated rings. The van der Waals surface area contributed by atoms with Crippen LogP contribution in [-0.2, 0) is 22.8 Å². The molecule has 2 aromatic carbocycles. The summed E-state index contributed by atoms with van der Waals surface area (Å²) in [7, 11) is 1.59. The molecule has 0 saturated carbocycles. The van der Waals surface area contributed by atoms with Gasteiger partial charge in [-0.1, -0.05) is 35.5 Å². The van der Waals surface area contributed by atoms with E-state index in [0.29, 0.717) is 30.4 Å². The van der Waals surface area contributed by atoms with Gasteiger partial charge in [-0.05, 0) is 35.9 Å². The number of carbonyl (C=O) groups is 1. The monoisotopic (exact) mass is 394 g/mol. The second-order valence-electron chi connectivity index (χ2n) is 6.05. The molecule has 1 aromatic heterocycles. The lowest BCUT2D eigenvalue weighted by atomic mass is 10.2. The van der Waals surface area contributed by atoms with E-state index in [-0.39, 0.29) is 12.5 Å². The van der Waals surface area contributed by atoms with E-state index >= 15 is 0 Å². The highest BCUT2D eigenvalue weighted by atomic mass is 16.6. The average Bonchev–Trinajstić information content (AvgIpc) is 3.28. The molecule has 1 heterocycles. The molecule has 0 unspecified atom stereocenters. The summed E-state index contributed by atoms with van der Waals surface area (Å²) < 4.78 is 16.3. The molecular weight excluding hydrogens is 372 g/mol. The zero-order valence-corrected chi connectivity index (χ0v) is 16.0. The summed E-state index contributed by atoms with van der Waals surface area (Å²) in [5.74, 6) is 1.59. The number of hydrogen-bond acceptors (Lipinski definition) is 6. The van der Waals surface area contributed by atoms with E-state index in [2.05, 4.69) is 10.5 Å². The Morgan fingerprint density at radius 1 is 1.10 bits per heavy atom. The molecule has 0 atom stereocenters. The van der Waals surface area contributed by atoms with Crippen molar-refractivity contribution in [3.8, 4) is 11.5 Å². The number of amides is 1. The minimum absolute atomic E-state index is 0.190. The third-order valence-corrected chi connectivity index (χ3v) is 3.94. The van der Waals surface area contributed by atoms with Crippen molar-refractivity contribution < 1.29 is 23.5 Å². The lowest BCUT2D eigenvalue weighted by molar-refractivity contribution is -0.125. The van der Waals surface area contributed by atoms with Crippen molar-refractivity contribution in [3.63, 3.8) is 0 Å². The number of oxime groups is 1. The first-order valence-corrected chi connectivity index (χ1v) is 9.04. The van der Waals surface area contributed by atoms with Gasteiger partial charge in [0.1, 0.15) is 12.4 Å². The molecule has 0 bridgehead atoms. The van der Waals surface area contributed by atoms with Crippen molar-refractivity contribution in [1.29, 1.82) is 0 Å². The highest BCUT2D eigenvalue weighted by Crippen LogP contribution is 2.28. The van der Waals surface area contributed by atoms with Gasteiger partial charge in [0.05, 0.1) is 26.1 Å². The summed E-state index contributed by atoms with van der Waals surface area (Å²) in [5, 5.41) is 6.51. The molecule has 150 valence electrons. The molecule has 1 amide bonds. The molecule has 0 saturated heterocycles. The number of rotatable bonds is 10. The van der Waals surface area contributed by atoms with Crippen molar-refractivity contribution >= 4 is 12.1 Å². The van der Waals surface area contributed by atoms with Gasteiger partial charge in [-0.15, -0.1) is 0 Å². The molecule has 7 heteroatoms. The third kappa shape index (κ3) is 6.42. The van der Waals surface area contributed by atoms with Crippen LogP contribution in [0, 0.1) is 0 Å². The SMILES string of the molecule is COc1ccc(/C=N\OCC(=O)NCc2ccco2)cc1OCc1ccccc1. The Labute approximate surface area is 168 Å². The predicted molar refractivity (Wildman–Crippen MR) is 108 cm³/mol. The minimum atomic E-state index is -0.292. The van der Waals surface area contributed by atoms with Crippen molar-refractivity contribution in [1.82, 2.24) is 5.32 Å². The van der Waals surface area contributed by atoms with Gasteiger partial charge in [0, 0.05) is 5.56 Å². The summed E-state index contributed by atoms with van der Waals surface area (Å²) in [5.41, 5.74) is 1.81. The smallest absolute Gasteiger partial charge is 0.261 e. The number of furan rings is 1. The maximum Gasteiger partial charge on any atom is 0.261 e. The molecule has 3 rings (SSSR count). The van der Waals surface area contributed by atoms with Crippen LogP contribution in [0.5, 0.6) is 11.5 Å². The molecule has 0 spiro atoms. The Morgan fingerprint density at radius 2 is 1.97 bits per heavy atom. The first kappa shape index (κ1) is 20.0. The normalized spacial score (nSPS) is 10.7. The summed E-state index contributed by atoms with van der Waals surface area (Å²) in [6, 6.07) is 18.8. The van der Waals surface area contributed by atoms with Crippen molar-refractivity contribution in [2.75, 3.05) is 13.7 Å². The zero-order chi connectivity index (χ0) is 20.3. The largest absolute Gasteiger partial charge is 0.493 e. The molecule has 29 heavy (non-hydrogen) atoms. The fourth-order valence-electron chi connectivity index (χ4n) is 2.47. The number of ether oxygens (including phenoxy) is 2. The molecule has 1 N–H and O–H groups in total. The number of methoxy groups -OCH3 is 1. The maximum absolute atomic E-state index is 11.7. The molecule has 0 aliphatic heterocycles. The van der Waals surface area contributed by atoms with E-state index in [1.165, 1.54) is 6.21 Å². The summed E-state index contributed by atoms with van der Waals surface area (Å²) >= 11 is 0. The van der Waals surface area contributed by atoms with Gasteiger partial charge < -0.3 is 24.0 Å². The van der Waals surface area contributed by atoms with E-state index in [4.69, 9.17) is 18.7 Å². The lowest BCUT2D eigenvalue weighted by Gasteiger charge is -2.11. The van der Waals surface area contributed by atoms with E-state index in [1.54, 1.807) is 37.6 Å². The fraction of sp³-hybridized carbons (Fsp3) is 0.182. The van der Waals surface area contributed by atoms with Crippen molar-refractivity contribution in [2.45, 2.75) is 13.2 Å². The van der Waals surface area contributed by atoms with Crippen molar-refractivity contribution in [2.24, 2.45) is 5.16 Å². The van der Waals surface area contributed by atoms with Crippen LogP contribution >= 0.6 is 0 Å². The summed E-state index contributed by atoms with van der Waals surface area (Å²) in [6.45, 7) is 0.536. The Morgan fingerprint density at radius 3 is 2.72 bits per heavy atom. The summed E-state index contributed by atoms with van der Waals surface area (Å²) in [4.78, 5) is 16.8. The van der Waals surface area contributed by atoms with Gasteiger partial charge in [0.15, 0.2) is 18.1 Å². The lowest BCUT2D eigenvalue weighted by Crippen LogP contribution is -2.26. The molecule has 7 nitrogen and oxygen atoms in total. The predicted octanol–water partition coefficient (Wildman–Crippen LogP) is 3.53.